The van der Waals surface area contributed by atoms with Gasteiger partial charge in [0.05, 0.1) is 23.0 Å². The van der Waals surface area contributed by atoms with Crippen LogP contribution in [0.4, 0.5) is 0 Å². The van der Waals surface area contributed by atoms with Gasteiger partial charge in [-0.25, -0.2) is 0 Å². The van der Waals surface area contributed by atoms with E-state index in [4.69, 9.17) is 16.3 Å². The number of benzene rings is 1. The number of hydrogen-bond donors (Lipinski definition) is 1. The molecular formula is C15H19BrClN3O. The van der Waals surface area contributed by atoms with Gasteiger partial charge in [-0.2, -0.15) is 5.10 Å². The van der Waals surface area contributed by atoms with E-state index in [-0.39, 0.29) is 0 Å². The molecule has 1 heterocycles. The minimum atomic E-state index is 0.642. The Morgan fingerprint density at radius 3 is 2.81 bits per heavy atom. The highest BCUT2D eigenvalue weighted by molar-refractivity contribution is 9.10. The third kappa shape index (κ3) is 3.59. The van der Waals surface area contributed by atoms with E-state index in [1.807, 2.05) is 29.8 Å². The number of ether oxygens (including phenoxy) is 1. The number of hydrogen-bond acceptors (Lipinski definition) is 3. The highest BCUT2D eigenvalue weighted by Crippen LogP contribution is 2.26. The largest absolute Gasteiger partial charge is 0.496 e. The average molecular weight is 373 g/mol. The van der Waals surface area contributed by atoms with Crippen molar-refractivity contribution in [2.75, 3.05) is 7.11 Å². The van der Waals surface area contributed by atoms with Gasteiger partial charge < -0.3 is 10.1 Å². The van der Waals surface area contributed by atoms with Gasteiger partial charge in [0.25, 0.3) is 0 Å². The van der Waals surface area contributed by atoms with Gasteiger partial charge in [-0.15, -0.1) is 0 Å². The Labute approximate surface area is 138 Å². The first-order chi connectivity index (χ1) is 10.1. The molecule has 4 nitrogen and oxygen atoms in total. The zero-order valence-electron chi connectivity index (χ0n) is 12.4. The van der Waals surface area contributed by atoms with Crippen LogP contribution in [0.15, 0.2) is 22.7 Å². The van der Waals surface area contributed by atoms with Crippen molar-refractivity contribution in [2.24, 2.45) is 0 Å². The molecule has 1 N–H and O–H groups in total. The van der Waals surface area contributed by atoms with Gasteiger partial charge in [-0.05, 0) is 41.9 Å². The highest BCUT2D eigenvalue weighted by Gasteiger charge is 2.12. The summed E-state index contributed by atoms with van der Waals surface area (Å²) in [4.78, 5) is 0. The molecule has 0 amide bonds. The van der Waals surface area contributed by atoms with Gasteiger partial charge in [0, 0.05) is 30.2 Å². The summed E-state index contributed by atoms with van der Waals surface area (Å²) < 4.78 is 8.40. The molecule has 0 aliphatic carbocycles. The predicted molar refractivity (Wildman–Crippen MR) is 88.9 cm³/mol. The monoisotopic (exact) mass is 371 g/mol. The molecule has 1 aromatic carbocycles. The molecule has 21 heavy (non-hydrogen) atoms. The average Bonchev–Trinajstić information content (AvgIpc) is 2.76. The Hall–Kier alpha value is -1.04. The van der Waals surface area contributed by atoms with E-state index < -0.39 is 0 Å². The number of nitrogens with zero attached hydrogens (tertiary/aromatic N) is 2. The summed E-state index contributed by atoms with van der Waals surface area (Å²) in [6, 6.07) is 5.67. The lowest BCUT2D eigenvalue weighted by Crippen LogP contribution is -2.17. The van der Waals surface area contributed by atoms with Crippen LogP contribution < -0.4 is 10.1 Å². The lowest BCUT2D eigenvalue weighted by atomic mass is 10.2. The quantitative estimate of drug-likeness (QED) is 0.835. The fourth-order valence-corrected chi connectivity index (χ4v) is 2.90. The molecule has 0 spiro atoms. The van der Waals surface area contributed by atoms with Crippen molar-refractivity contribution in [3.05, 3.63) is 44.6 Å². The van der Waals surface area contributed by atoms with Crippen molar-refractivity contribution >= 4 is 27.5 Å². The highest BCUT2D eigenvalue weighted by atomic mass is 79.9. The summed E-state index contributed by atoms with van der Waals surface area (Å²) >= 11 is 9.83. The second-order valence-electron chi connectivity index (χ2n) is 4.69. The molecule has 6 heteroatoms. The maximum absolute atomic E-state index is 6.24. The van der Waals surface area contributed by atoms with Crippen molar-refractivity contribution in [2.45, 2.75) is 33.5 Å². The van der Waals surface area contributed by atoms with Crippen molar-refractivity contribution in [3.8, 4) is 5.75 Å². The van der Waals surface area contributed by atoms with Gasteiger partial charge in [0.1, 0.15) is 5.75 Å². The maximum Gasteiger partial charge on any atom is 0.124 e. The molecule has 0 aliphatic rings. The SMILES string of the molecule is CCn1nc(C)c(Br)c1CNCc1c(Cl)cccc1OC. The van der Waals surface area contributed by atoms with E-state index in [0.29, 0.717) is 18.1 Å². The van der Waals surface area contributed by atoms with Crippen LogP contribution in [-0.2, 0) is 19.6 Å². The van der Waals surface area contributed by atoms with E-state index >= 15 is 0 Å². The van der Waals surface area contributed by atoms with Crippen LogP contribution in [0.25, 0.3) is 0 Å². The van der Waals surface area contributed by atoms with Crippen LogP contribution in [0.3, 0.4) is 0 Å². The van der Waals surface area contributed by atoms with Crippen molar-refractivity contribution in [1.82, 2.24) is 15.1 Å². The van der Waals surface area contributed by atoms with Gasteiger partial charge in [-0.3, -0.25) is 4.68 Å². The number of aromatic nitrogens is 2. The van der Waals surface area contributed by atoms with Crippen molar-refractivity contribution in [3.63, 3.8) is 0 Å². The van der Waals surface area contributed by atoms with Crippen LogP contribution in [0.2, 0.25) is 5.02 Å². The van der Waals surface area contributed by atoms with Gasteiger partial charge in [0.2, 0.25) is 0 Å². The Morgan fingerprint density at radius 1 is 1.38 bits per heavy atom. The Morgan fingerprint density at radius 2 is 2.14 bits per heavy atom. The standard InChI is InChI=1S/C15H19BrClN3O/c1-4-20-13(15(16)10(2)19-20)9-18-8-11-12(17)6-5-7-14(11)21-3/h5-7,18H,4,8-9H2,1-3H3. The molecule has 0 unspecified atom stereocenters. The number of methoxy groups -OCH3 is 1. The van der Waals surface area contributed by atoms with E-state index in [1.165, 1.54) is 0 Å². The Balaban J connectivity index is 2.09. The van der Waals surface area contributed by atoms with Gasteiger partial charge in [-0.1, -0.05) is 17.7 Å². The van der Waals surface area contributed by atoms with E-state index in [0.717, 1.165) is 33.7 Å². The minimum absolute atomic E-state index is 0.642. The molecule has 0 fully saturated rings. The van der Waals surface area contributed by atoms with Crippen LogP contribution >= 0.6 is 27.5 Å². The minimum Gasteiger partial charge on any atom is -0.496 e. The lowest BCUT2D eigenvalue weighted by Gasteiger charge is -2.12. The normalized spacial score (nSPS) is 10.9. The van der Waals surface area contributed by atoms with E-state index in [1.54, 1.807) is 7.11 Å². The first-order valence-corrected chi connectivity index (χ1v) is 7.99. The third-order valence-electron chi connectivity index (χ3n) is 3.34. The summed E-state index contributed by atoms with van der Waals surface area (Å²) in [5.74, 6) is 0.800. The molecule has 0 saturated heterocycles. The second-order valence-corrected chi connectivity index (χ2v) is 5.89. The number of halogens is 2. The molecule has 0 aliphatic heterocycles. The Kier molecular flexibility index (Phi) is 5.67. The molecule has 0 saturated carbocycles. The van der Waals surface area contributed by atoms with Crippen molar-refractivity contribution < 1.29 is 4.74 Å². The van der Waals surface area contributed by atoms with E-state index in [2.05, 4.69) is 33.3 Å². The molecule has 0 bridgehead atoms. The molecule has 2 aromatic rings. The molecule has 114 valence electrons. The molecular weight excluding hydrogens is 354 g/mol. The molecule has 1 aromatic heterocycles. The summed E-state index contributed by atoms with van der Waals surface area (Å²) in [5.41, 5.74) is 3.11. The summed E-state index contributed by atoms with van der Waals surface area (Å²) in [6.45, 7) is 6.28. The number of aryl methyl sites for hydroxylation is 2. The van der Waals surface area contributed by atoms with Crippen molar-refractivity contribution in [1.29, 1.82) is 0 Å². The number of nitrogens with one attached hydrogen (secondary N) is 1. The molecule has 0 radical (unpaired) electrons. The Bertz CT molecular complexity index is 628. The molecule has 0 atom stereocenters. The summed E-state index contributed by atoms with van der Waals surface area (Å²) in [6.07, 6.45) is 0. The van der Waals surface area contributed by atoms with E-state index in [9.17, 15) is 0 Å². The lowest BCUT2D eigenvalue weighted by molar-refractivity contribution is 0.407. The fourth-order valence-electron chi connectivity index (χ4n) is 2.25. The third-order valence-corrected chi connectivity index (χ3v) is 4.73. The first kappa shape index (κ1) is 16.3. The fraction of sp³-hybridized carbons (Fsp3) is 0.400. The smallest absolute Gasteiger partial charge is 0.124 e. The zero-order valence-corrected chi connectivity index (χ0v) is 14.8. The van der Waals surface area contributed by atoms with Crippen LogP contribution in [-0.4, -0.2) is 16.9 Å². The van der Waals surface area contributed by atoms with Crippen LogP contribution in [0.1, 0.15) is 23.9 Å². The molecule has 2 rings (SSSR count). The first-order valence-electron chi connectivity index (χ1n) is 6.82. The topological polar surface area (TPSA) is 39.1 Å². The summed E-state index contributed by atoms with van der Waals surface area (Å²) in [5, 5.41) is 8.60. The maximum atomic E-state index is 6.24. The van der Waals surface area contributed by atoms with Crippen LogP contribution in [0, 0.1) is 6.92 Å². The zero-order chi connectivity index (χ0) is 15.4. The van der Waals surface area contributed by atoms with Crippen LogP contribution in [0.5, 0.6) is 5.75 Å². The van der Waals surface area contributed by atoms with Gasteiger partial charge in [0.15, 0.2) is 0 Å². The van der Waals surface area contributed by atoms with Gasteiger partial charge >= 0.3 is 0 Å². The number of rotatable bonds is 6. The second kappa shape index (κ2) is 7.29. The predicted octanol–water partition coefficient (Wildman–Crippen LogP) is 3.93. The summed E-state index contributed by atoms with van der Waals surface area (Å²) in [7, 11) is 1.65.